The molecule has 0 rings (SSSR count). The van der Waals surface area contributed by atoms with Gasteiger partial charge in [0.05, 0.1) is 7.11 Å². The van der Waals surface area contributed by atoms with E-state index in [-0.39, 0.29) is 6.42 Å². The Bertz CT molecular complexity index is 139. The summed E-state index contributed by atoms with van der Waals surface area (Å²) in [5, 5.41) is 7.66. The van der Waals surface area contributed by atoms with Crippen molar-refractivity contribution in [2.75, 3.05) is 7.11 Å². The van der Waals surface area contributed by atoms with Gasteiger partial charge in [-0.15, -0.1) is 0 Å². The summed E-state index contributed by atoms with van der Waals surface area (Å²) in [6, 6.07) is 0. The van der Waals surface area contributed by atoms with Gasteiger partial charge in [-0.2, -0.15) is 0 Å². The molecule has 0 fully saturated rings. The second kappa shape index (κ2) is 8.68. The summed E-state index contributed by atoms with van der Waals surface area (Å²) >= 11 is 0. The maximum Gasteiger partial charge on any atom is 0.329 e. The molecule has 1 radical (unpaired) electrons. The molecule has 0 aliphatic rings. The minimum Gasteiger partial charge on any atom is -0.481 e. The van der Waals surface area contributed by atoms with Crippen molar-refractivity contribution in [1.29, 1.82) is 0 Å². The van der Waals surface area contributed by atoms with Gasteiger partial charge in [0, 0.05) is 12.5 Å². The van der Waals surface area contributed by atoms with Gasteiger partial charge in [0.1, 0.15) is 0 Å². The number of carboxylic acid groups (broad SMARTS) is 1. The van der Waals surface area contributed by atoms with Crippen LogP contribution in [0, 0.1) is 6.92 Å². The number of rotatable bonds is 2. The van der Waals surface area contributed by atoms with Crippen LogP contribution in [-0.4, -0.2) is 24.2 Å². The van der Waals surface area contributed by atoms with Gasteiger partial charge in [-0.1, -0.05) is 6.58 Å². The zero-order chi connectivity index (χ0) is 9.28. The van der Waals surface area contributed by atoms with Crippen molar-refractivity contribution in [3.63, 3.8) is 0 Å². The van der Waals surface area contributed by atoms with Crippen LogP contribution in [0.1, 0.15) is 6.42 Å². The lowest BCUT2D eigenvalue weighted by molar-refractivity contribution is -0.136. The topological polar surface area (TPSA) is 63.6 Å². The van der Waals surface area contributed by atoms with Gasteiger partial charge < -0.3 is 9.84 Å². The number of methoxy groups -OCH3 is 1. The molecule has 1 N–H and O–H groups in total. The molecular weight excluding hydrogens is 148 g/mol. The first-order chi connectivity index (χ1) is 5.08. The summed E-state index contributed by atoms with van der Waals surface area (Å²) in [5.41, 5.74) is 0. The Labute approximate surface area is 65.5 Å². The third-order valence-corrected chi connectivity index (χ3v) is 0.582. The molecule has 0 bridgehead atoms. The highest BCUT2D eigenvalue weighted by molar-refractivity contribution is 5.80. The average Bonchev–Trinajstić information content (AvgIpc) is 2.04. The van der Waals surface area contributed by atoms with Crippen molar-refractivity contribution in [1.82, 2.24) is 0 Å². The summed E-state index contributed by atoms with van der Waals surface area (Å²) in [6.07, 6.45) is 1.08. The van der Waals surface area contributed by atoms with E-state index in [2.05, 4.69) is 18.2 Å². The Kier molecular flexibility index (Phi) is 9.76. The summed E-state index contributed by atoms with van der Waals surface area (Å²) in [4.78, 5) is 19.1. The predicted octanol–water partition coefficient (Wildman–Crippen LogP) is 0.641. The maximum atomic E-state index is 9.84. The van der Waals surface area contributed by atoms with Crippen LogP contribution in [0.5, 0.6) is 0 Å². The normalized spacial score (nSPS) is 7.09. The highest BCUT2D eigenvalue weighted by atomic mass is 16.5. The lowest BCUT2D eigenvalue weighted by Crippen LogP contribution is -1.91. The average molecular weight is 159 g/mol. The molecule has 0 atom stereocenters. The third-order valence-electron chi connectivity index (χ3n) is 0.582. The summed E-state index contributed by atoms with van der Waals surface area (Å²) in [6.45, 7) is 6.24. The minimum absolute atomic E-state index is 0.0278. The maximum absolute atomic E-state index is 9.84. The Balaban J connectivity index is 0. The Morgan fingerprint density at radius 3 is 2.00 bits per heavy atom. The van der Waals surface area contributed by atoms with E-state index in [0.717, 1.165) is 6.08 Å². The lowest BCUT2D eigenvalue weighted by atomic mass is 10.5. The van der Waals surface area contributed by atoms with Crippen LogP contribution in [0.3, 0.4) is 0 Å². The fraction of sp³-hybridized carbons (Fsp3) is 0.286. The molecular formula is C7H11O4. The zero-order valence-corrected chi connectivity index (χ0v) is 6.37. The fourth-order valence-corrected chi connectivity index (χ4v) is 0.0833. The molecule has 0 heterocycles. The number of ether oxygens (including phenoxy) is 1. The summed E-state index contributed by atoms with van der Waals surface area (Å²) < 4.78 is 4.14. The van der Waals surface area contributed by atoms with Crippen LogP contribution in [0.25, 0.3) is 0 Å². The number of carboxylic acids is 1. The van der Waals surface area contributed by atoms with Crippen LogP contribution < -0.4 is 0 Å². The molecule has 63 valence electrons. The molecule has 0 aromatic carbocycles. The van der Waals surface area contributed by atoms with Crippen molar-refractivity contribution in [2.45, 2.75) is 6.42 Å². The number of hydrogen-bond donors (Lipinski definition) is 1. The highest BCUT2D eigenvalue weighted by Gasteiger charge is 1.82. The van der Waals surface area contributed by atoms with E-state index in [1.807, 2.05) is 0 Å². The number of esters is 1. The Morgan fingerprint density at radius 2 is 2.00 bits per heavy atom. The first kappa shape index (κ1) is 12.4. The van der Waals surface area contributed by atoms with Gasteiger partial charge in [-0.3, -0.25) is 4.79 Å². The summed E-state index contributed by atoms with van der Waals surface area (Å²) in [7, 11) is 1.31. The molecule has 0 saturated carbocycles. The number of carbonyl (C=O) groups is 2. The first-order valence-electron chi connectivity index (χ1n) is 2.79. The van der Waals surface area contributed by atoms with Crippen LogP contribution in [-0.2, 0) is 14.3 Å². The predicted molar refractivity (Wildman–Crippen MR) is 39.8 cm³/mol. The first-order valence-corrected chi connectivity index (χ1v) is 2.79. The Hall–Kier alpha value is -1.32. The van der Waals surface area contributed by atoms with E-state index >= 15 is 0 Å². The van der Waals surface area contributed by atoms with E-state index in [0.29, 0.717) is 0 Å². The van der Waals surface area contributed by atoms with Crippen LogP contribution in [0.4, 0.5) is 0 Å². The third kappa shape index (κ3) is 17.7. The molecule has 0 saturated heterocycles. The van der Waals surface area contributed by atoms with Gasteiger partial charge in [0.15, 0.2) is 0 Å². The molecule has 4 heteroatoms. The standard InChI is InChI=1S/C4H6O2.C3H5O2/c1-3-4(5)6-2;1-2-3(4)5/h3H,1H2,2H3;1-2H2,(H,4,5). The minimum atomic E-state index is -0.856. The molecule has 0 unspecified atom stereocenters. The van der Waals surface area contributed by atoms with Gasteiger partial charge in [0.2, 0.25) is 0 Å². The van der Waals surface area contributed by atoms with Crippen LogP contribution in [0.2, 0.25) is 0 Å². The quantitative estimate of drug-likeness (QED) is 0.474. The SMILES string of the molecule is C=CC(=O)OC.[CH2]CC(=O)O. The highest BCUT2D eigenvalue weighted by Crippen LogP contribution is 1.67. The second-order valence-corrected chi connectivity index (χ2v) is 1.37. The number of hydrogen-bond acceptors (Lipinski definition) is 3. The Morgan fingerprint density at radius 1 is 1.64 bits per heavy atom. The number of aliphatic carboxylic acids is 1. The van der Waals surface area contributed by atoms with Crippen LogP contribution in [0.15, 0.2) is 12.7 Å². The fourth-order valence-electron chi connectivity index (χ4n) is 0.0833. The van der Waals surface area contributed by atoms with Gasteiger partial charge in [-0.25, -0.2) is 4.79 Å². The molecule has 11 heavy (non-hydrogen) atoms. The van der Waals surface area contributed by atoms with E-state index in [4.69, 9.17) is 5.11 Å². The largest absolute Gasteiger partial charge is 0.481 e. The van der Waals surface area contributed by atoms with Crippen molar-refractivity contribution in [3.05, 3.63) is 19.6 Å². The molecule has 4 nitrogen and oxygen atoms in total. The number of carbonyl (C=O) groups excluding carboxylic acids is 1. The van der Waals surface area contributed by atoms with E-state index in [1.54, 1.807) is 0 Å². The van der Waals surface area contributed by atoms with Gasteiger partial charge >= 0.3 is 11.9 Å². The van der Waals surface area contributed by atoms with Crippen molar-refractivity contribution in [3.8, 4) is 0 Å². The zero-order valence-electron chi connectivity index (χ0n) is 6.37. The van der Waals surface area contributed by atoms with Gasteiger partial charge in [-0.05, 0) is 6.92 Å². The molecule has 0 amide bonds. The second-order valence-electron chi connectivity index (χ2n) is 1.37. The lowest BCUT2D eigenvalue weighted by Gasteiger charge is -1.83. The molecule has 0 aromatic heterocycles. The van der Waals surface area contributed by atoms with Gasteiger partial charge in [0.25, 0.3) is 0 Å². The monoisotopic (exact) mass is 159 g/mol. The van der Waals surface area contributed by atoms with E-state index in [9.17, 15) is 9.59 Å². The molecule has 0 aliphatic carbocycles. The summed E-state index contributed by atoms with van der Waals surface area (Å²) in [5.74, 6) is -1.25. The van der Waals surface area contributed by atoms with Crippen molar-refractivity contribution >= 4 is 11.9 Å². The molecule has 0 aliphatic heterocycles. The van der Waals surface area contributed by atoms with E-state index < -0.39 is 11.9 Å². The van der Waals surface area contributed by atoms with E-state index in [1.165, 1.54) is 7.11 Å². The van der Waals surface area contributed by atoms with Crippen molar-refractivity contribution in [2.24, 2.45) is 0 Å². The van der Waals surface area contributed by atoms with Crippen LogP contribution >= 0.6 is 0 Å². The smallest absolute Gasteiger partial charge is 0.329 e. The molecule has 0 aromatic rings. The molecule has 0 spiro atoms. The van der Waals surface area contributed by atoms with Crippen molar-refractivity contribution < 1.29 is 19.4 Å².